The van der Waals surface area contributed by atoms with Crippen LogP contribution in [-0.4, -0.2) is 6.61 Å². The minimum absolute atomic E-state index is 0.115. The molecule has 0 radical (unpaired) electrons. The molecule has 1 aromatic rings. The third-order valence-electron chi connectivity index (χ3n) is 1.89. The van der Waals surface area contributed by atoms with Crippen molar-refractivity contribution in [2.24, 2.45) is 0 Å². The Labute approximate surface area is 89.6 Å². The molecule has 0 bridgehead atoms. The summed E-state index contributed by atoms with van der Waals surface area (Å²) in [5, 5.41) is 0. The second-order valence-corrected chi connectivity index (χ2v) is 3.22. The molecule has 0 aliphatic rings. The fourth-order valence-corrected chi connectivity index (χ4v) is 1.22. The van der Waals surface area contributed by atoms with Gasteiger partial charge < -0.3 is 4.74 Å². The molecule has 1 aromatic carbocycles. The van der Waals surface area contributed by atoms with Gasteiger partial charge in [-0.3, -0.25) is 0 Å². The lowest BCUT2D eigenvalue weighted by Gasteiger charge is -2.10. The van der Waals surface area contributed by atoms with Crippen LogP contribution in [0.2, 0.25) is 0 Å². The maximum Gasteiger partial charge on any atom is 0.120 e. The molecule has 1 atom stereocenters. The molecule has 0 aromatic heterocycles. The van der Waals surface area contributed by atoms with Gasteiger partial charge in [0.25, 0.3) is 0 Å². The van der Waals surface area contributed by atoms with Crippen molar-refractivity contribution in [1.82, 2.24) is 4.84 Å². The number of benzene rings is 1. The standard InChI is InChI=1S/C11H14ClNO/c1-3-7-14-11-6-4-5-10(8-11)9(2)13-12/h3-6,8-9,13H,1,7H2,2H3/t9-/m1/s1. The summed E-state index contributed by atoms with van der Waals surface area (Å²) in [7, 11) is 0. The first-order valence-electron chi connectivity index (χ1n) is 4.47. The van der Waals surface area contributed by atoms with Crippen LogP contribution in [0.5, 0.6) is 5.75 Å². The lowest BCUT2D eigenvalue weighted by Crippen LogP contribution is -2.06. The van der Waals surface area contributed by atoms with E-state index < -0.39 is 0 Å². The molecule has 2 nitrogen and oxygen atoms in total. The van der Waals surface area contributed by atoms with Crippen LogP contribution >= 0.6 is 11.8 Å². The molecule has 76 valence electrons. The first kappa shape index (κ1) is 11.1. The maximum absolute atomic E-state index is 5.54. The van der Waals surface area contributed by atoms with Gasteiger partial charge in [0.2, 0.25) is 0 Å². The van der Waals surface area contributed by atoms with Gasteiger partial charge in [-0.05, 0) is 36.4 Å². The molecule has 0 saturated heterocycles. The van der Waals surface area contributed by atoms with Crippen LogP contribution in [0.4, 0.5) is 0 Å². The Hall–Kier alpha value is -0.990. The average Bonchev–Trinajstić information content (AvgIpc) is 2.25. The molecule has 0 fully saturated rings. The average molecular weight is 212 g/mol. The summed E-state index contributed by atoms with van der Waals surface area (Å²) in [4.78, 5) is 2.66. The highest BCUT2D eigenvalue weighted by atomic mass is 35.5. The number of halogens is 1. The number of hydrogen-bond acceptors (Lipinski definition) is 2. The van der Waals surface area contributed by atoms with Gasteiger partial charge in [-0.2, -0.15) is 0 Å². The first-order valence-corrected chi connectivity index (χ1v) is 4.85. The van der Waals surface area contributed by atoms with Crippen LogP contribution in [0.25, 0.3) is 0 Å². The van der Waals surface area contributed by atoms with E-state index in [1.165, 1.54) is 0 Å². The van der Waals surface area contributed by atoms with E-state index in [4.69, 9.17) is 16.5 Å². The Morgan fingerprint density at radius 1 is 1.64 bits per heavy atom. The third kappa shape index (κ3) is 3.05. The largest absolute Gasteiger partial charge is 0.490 e. The van der Waals surface area contributed by atoms with Gasteiger partial charge in [0.1, 0.15) is 12.4 Å². The van der Waals surface area contributed by atoms with E-state index in [0.29, 0.717) is 6.61 Å². The van der Waals surface area contributed by atoms with Gasteiger partial charge in [-0.1, -0.05) is 24.8 Å². The Bertz CT molecular complexity index is 301. The van der Waals surface area contributed by atoms with Gasteiger partial charge in [0.05, 0.1) is 0 Å². The first-order chi connectivity index (χ1) is 6.77. The highest BCUT2D eigenvalue weighted by Gasteiger charge is 2.03. The Morgan fingerprint density at radius 3 is 3.07 bits per heavy atom. The predicted molar refractivity (Wildman–Crippen MR) is 59.5 cm³/mol. The van der Waals surface area contributed by atoms with Gasteiger partial charge in [-0.15, -0.1) is 0 Å². The van der Waals surface area contributed by atoms with E-state index in [9.17, 15) is 0 Å². The summed E-state index contributed by atoms with van der Waals surface area (Å²) in [5.41, 5.74) is 1.10. The molecule has 1 rings (SSSR count). The fraction of sp³-hybridized carbons (Fsp3) is 0.273. The summed E-state index contributed by atoms with van der Waals surface area (Å²) in [6.45, 7) is 6.10. The number of hydrogen-bond donors (Lipinski definition) is 1. The van der Waals surface area contributed by atoms with E-state index in [1.54, 1.807) is 6.08 Å². The lowest BCUT2D eigenvalue weighted by molar-refractivity contribution is 0.362. The van der Waals surface area contributed by atoms with Crippen LogP contribution < -0.4 is 9.57 Å². The second kappa shape index (κ2) is 5.68. The summed E-state index contributed by atoms with van der Waals surface area (Å²) in [6.07, 6.45) is 1.72. The summed E-state index contributed by atoms with van der Waals surface area (Å²) < 4.78 is 5.40. The quantitative estimate of drug-likeness (QED) is 0.597. The zero-order chi connectivity index (χ0) is 10.4. The smallest absolute Gasteiger partial charge is 0.120 e. The molecule has 14 heavy (non-hydrogen) atoms. The Morgan fingerprint density at radius 2 is 2.43 bits per heavy atom. The van der Waals surface area contributed by atoms with Crippen molar-refractivity contribution in [2.45, 2.75) is 13.0 Å². The van der Waals surface area contributed by atoms with Crippen LogP contribution in [0.15, 0.2) is 36.9 Å². The maximum atomic E-state index is 5.54. The van der Waals surface area contributed by atoms with Crippen molar-refractivity contribution >= 4 is 11.8 Å². The van der Waals surface area contributed by atoms with E-state index in [1.807, 2.05) is 31.2 Å². The van der Waals surface area contributed by atoms with Crippen LogP contribution in [0.1, 0.15) is 18.5 Å². The van der Waals surface area contributed by atoms with Gasteiger partial charge in [0.15, 0.2) is 0 Å². The van der Waals surface area contributed by atoms with Crippen molar-refractivity contribution in [1.29, 1.82) is 0 Å². The van der Waals surface area contributed by atoms with Crippen molar-refractivity contribution in [3.63, 3.8) is 0 Å². The zero-order valence-corrected chi connectivity index (χ0v) is 8.92. The van der Waals surface area contributed by atoms with Crippen LogP contribution in [-0.2, 0) is 0 Å². The van der Waals surface area contributed by atoms with Crippen molar-refractivity contribution < 1.29 is 4.74 Å². The Kier molecular flexibility index (Phi) is 4.50. The van der Waals surface area contributed by atoms with Crippen molar-refractivity contribution in [2.75, 3.05) is 6.61 Å². The van der Waals surface area contributed by atoms with Gasteiger partial charge >= 0.3 is 0 Å². The minimum atomic E-state index is 0.115. The molecular weight excluding hydrogens is 198 g/mol. The summed E-state index contributed by atoms with van der Waals surface area (Å²) >= 11 is 5.54. The summed E-state index contributed by atoms with van der Waals surface area (Å²) in [6, 6.07) is 7.93. The fourth-order valence-electron chi connectivity index (χ4n) is 1.09. The molecule has 0 amide bonds. The molecule has 0 aliphatic heterocycles. The molecular formula is C11H14ClNO. The van der Waals surface area contributed by atoms with E-state index >= 15 is 0 Å². The molecule has 3 heteroatoms. The highest BCUT2D eigenvalue weighted by Crippen LogP contribution is 2.19. The number of rotatable bonds is 5. The van der Waals surface area contributed by atoms with Gasteiger partial charge in [0, 0.05) is 6.04 Å². The molecule has 0 saturated carbocycles. The third-order valence-corrected chi connectivity index (χ3v) is 2.22. The number of ether oxygens (including phenoxy) is 1. The van der Waals surface area contributed by atoms with Gasteiger partial charge in [-0.25, -0.2) is 4.84 Å². The SMILES string of the molecule is C=CCOc1cccc([C@@H](C)NCl)c1. The number of nitrogens with one attached hydrogen (secondary N) is 1. The lowest BCUT2D eigenvalue weighted by atomic mass is 10.1. The zero-order valence-electron chi connectivity index (χ0n) is 8.16. The topological polar surface area (TPSA) is 21.3 Å². The van der Waals surface area contributed by atoms with Crippen LogP contribution in [0, 0.1) is 0 Å². The summed E-state index contributed by atoms with van der Waals surface area (Å²) in [5.74, 6) is 0.834. The molecule has 0 heterocycles. The molecule has 0 spiro atoms. The van der Waals surface area contributed by atoms with Crippen molar-refractivity contribution in [3.8, 4) is 5.75 Å². The minimum Gasteiger partial charge on any atom is -0.490 e. The van der Waals surface area contributed by atoms with E-state index in [-0.39, 0.29) is 6.04 Å². The normalized spacial score (nSPS) is 12.1. The monoisotopic (exact) mass is 211 g/mol. The highest BCUT2D eigenvalue weighted by molar-refractivity contribution is 6.13. The Balaban J connectivity index is 2.73. The molecule has 0 aliphatic carbocycles. The predicted octanol–water partition coefficient (Wildman–Crippen LogP) is 3.06. The molecule has 0 unspecified atom stereocenters. The molecule has 1 N–H and O–H groups in total. The van der Waals surface area contributed by atoms with Crippen LogP contribution in [0.3, 0.4) is 0 Å². The van der Waals surface area contributed by atoms with E-state index in [2.05, 4.69) is 11.4 Å². The van der Waals surface area contributed by atoms with Crippen molar-refractivity contribution in [3.05, 3.63) is 42.5 Å². The second-order valence-electron chi connectivity index (χ2n) is 3.00. The van der Waals surface area contributed by atoms with E-state index in [0.717, 1.165) is 11.3 Å².